The van der Waals surface area contributed by atoms with Gasteiger partial charge in [0.25, 0.3) is 0 Å². The molecule has 100 valence electrons. The van der Waals surface area contributed by atoms with Gasteiger partial charge in [0.15, 0.2) is 0 Å². The maximum Gasteiger partial charge on any atom is 0.332 e. The highest BCUT2D eigenvalue weighted by atomic mass is 16.6. The predicted octanol–water partition coefficient (Wildman–Crippen LogP) is 1.79. The molecule has 3 N–H and O–H groups in total. The van der Waals surface area contributed by atoms with Gasteiger partial charge in [-0.15, -0.1) is 0 Å². The Morgan fingerprint density at radius 1 is 1.42 bits per heavy atom. The lowest BCUT2D eigenvalue weighted by Crippen LogP contribution is -2.09. The number of nitrogens with one attached hydrogen (secondary N) is 1. The molecule has 8 heteroatoms. The molecule has 0 saturated carbocycles. The minimum absolute atomic E-state index is 0.0128. The SMILES string of the molecule is Cc1ccc(CNc2nc(N)nc(C)c2[N+](=O)[O-])o1. The number of nitrogens with two attached hydrogens (primary N) is 1. The van der Waals surface area contributed by atoms with E-state index in [4.69, 9.17) is 10.2 Å². The van der Waals surface area contributed by atoms with E-state index in [2.05, 4.69) is 15.3 Å². The lowest BCUT2D eigenvalue weighted by molar-refractivity contribution is -0.385. The zero-order valence-corrected chi connectivity index (χ0v) is 10.5. The summed E-state index contributed by atoms with van der Waals surface area (Å²) in [6.45, 7) is 3.61. The molecule has 0 bridgehead atoms. The summed E-state index contributed by atoms with van der Waals surface area (Å²) >= 11 is 0. The Bertz CT molecular complexity index is 623. The molecule has 0 unspecified atom stereocenters. The van der Waals surface area contributed by atoms with Crippen LogP contribution in [0.5, 0.6) is 0 Å². The second-order valence-corrected chi connectivity index (χ2v) is 3.99. The second kappa shape index (κ2) is 4.92. The Morgan fingerprint density at radius 3 is 2.74 bits per heavy atom. The quantitative estimate of drug-likeness (QED) is 0.637. The van der Waals surface area contributed by atoms with Crippen molar-refractivity contribution >= 4 is 17.5 Å². The van der Waals surface area contributed by atoms with Crippen molar-refractivity contribution in [1.29, 1.82) is 0 Å². The molecule has 0 spiro atoms. The highest BCUT2D eigenvalue weighted by Crippen LogP contribution is 2.26. The number of aromatic nitrogens is 2. The number of nitrogens with zero attached hydrogens (tertiary/aromatic N) is 3. The molecule has 0 saturated heterocycles. The molecule has 2 aromatic heterocycles. The lowest BCUT2D eigenvalue weighted by Gasteiger charge is -2.06. The van der Waals surface area contributed by atoms with Crippen LogP contribution in [0.1, 0.15) is 17.2 Å². The van der Waals surface area contributed by atoms with Crippen LogP contribution in [0.2, 0.25) is 0 Å². The van der Waals surface area contributed by atoms with Gasteiger partial charge in [-0.25, -0.2) is 4.98 Å². The van der Waals surface area contributed by atoms with Gasteiger partial charge in [-0.1, -0.05) is 0 Å². The van der Waals surface area contributed by atoms with Crippen molar-refractivity contribution in [3.8, 4) is 0 Å². The molecule has 19 heavy (non-hydrogen) atoms. The molecule has 0 aliphatic heterocycles. The van der Waals surface area contributed by atoms with Crippen LogP contribution in [-0.4, -0.2) is 14.9 Å². The Hall–Kier alpha value is -2.64. The van der Waals surface area contributed by atoms with Crippen molar-refractivity contribution in [2.24, 2.45) is 0 Å². The molecule has 2 aromatic rings. The van der Waals surface area contributed by atoms with Crippen LogP contribution >= 0.6 is 0 Å². The normalized spacial score (nSPS) is 10.4. The molecule has 8 nitrogen and oxygen atoms in total. The maximum atomic E-state index is 11.0. The first-order chi connectivity index (χ1) is 8.97. The van der Waals surface area contributed by atoms with E-state index in [1.54, 1.807) is 6.07 Å². The molecule has 0 aromatic carbocycles. The predicted molar refractivity (Wildman–Crippen MR) is 68.6 cm³/mol. The minimum atomic E-state index is -0.537. The lowest BCUT2D eigenvalue weighted by atomic mass is 10.3. The number of nitrogen functional groups attached to an aromatic ring is 1. The van der Waals surface area contributed by atoms with Crippen molar-refractivity contribution in [3.05, 3.63) is 39.5 Å². The first kappa shape index (κ1) is 12.8. The maximum absolute atomic E-state index is 11.0. The molecular weight excluding hydrogens is 250 g/mol. The largest absolute Gasteiger partial charge is 0.465 e. The third-order valence-corrected chi connectivity index (χ3v) is 2.48. The summed E-state index contributed by atoms with van der Waals surface area (Å²) in [5.74, 6) is 1.50. The zero-order chi connectivity index (χ0) is 14.0. The second-order valence-electron chi connectivity index (χ2n) is 3.99. The summed E-state index contributed by atoms with van der Waals surface area (Å²) < 4.78 is 5.36. The minimum Gasteiger partial charge on any atom is -0.465 e. The summed E-state index contributed by atoms with van der Waals surface area (Å²) in [5, 5.41) is 13.8. The van der Waals surface area contributed by atoms with Gasteiger partial charge in [0.1, 0.15) is 17.2 Å². The van der Waals surface area contributed by atoms with Crippen molar-refractivity contribution in [2.75, 3.05) is 11.1 Å². The third kappa shape index (κ3) is 2.79. The average molecular weight is 263 g/mol. The molecule has 0 aliphatic rings. The van der Waals surface area contributed by atoms with Crippen LogP contribution < -0.4 is 11.1 Å². The standard InChI is InChI=1S/C11H13N5O3/c1-6-3-4-8(19-6)5-13-10-9(16(17)18)7(2)14-11(12)15-10/h3-4H,5H2,1-2H3,(H3,12,13,14,15). The molecule has 0 amide bonds. The number of furan rings is 1. The number of rotatable bonds is 4. The Balaban J connectivity index is 2.26. The van der Waals surface area contributed by atoms with E-state index in [0.717, 1.165) is 5.76 Å². The van der Waals surface area contributed by atoms with E-state index >= 15 is 0 Å². The number of nitro groups is 1. The van der Waals surface area contributed by atoms with E-state index in [9.17, 15) is 10.1 Å². The molecule has 2 rings (SSSR count). The summed E-state index contributed by atoms with van der Waals surface area (Å²) in [7, 11) is 0. The fourth-order valence-corrected chi connectivity index (χ4v) is 1.68. The zero-order valence-electron chi connectivity index (χ0n) is 10.5. The van der Waals surface area contributed by atoms with Crippen molar-refractivity contribution in [1.82, 2.24) is 9.97 Å². The summed E-state index contributed by atoms with van der Waals surface area (Å²) in [6.07, 6.45) is 0. The number of anilines is 2. The van der Waals surface area contributed by atoms with Gasteiger partial charge >= 0.3 is 5.69 Å². The molecule has 0 radical (unpaired) electrons. The van der Waals surface area contributed by atoms with E-state index in [1.807, 2.05) is 13.0 Å². The van der Waals surface area contributed by atoms with E-state index < -0.39 is 4.92 Å². The van der Waals surface area contributed by atoms with Gasteiger partial charge in [0.2, 0.25) is 11.8 Å². The van der Waals surface area contributed by atoms with E-state index in [0.29, 0.717) is 5.76 Å². The van der Waals surface area contributed by atoms with Crippen LogP contribution in [0.3, 0.4) is 0 Å². The van der Waals surface area contributed by atoms with Crippen molar-refractivity contribution in [2.45, 2.75) is 20.4 Å². The summed E-state index contributed by atoms with van der Waals surface area (Å²) in [5.41, 5.74) is 5.53. The fraction of sp³-hybridized carbons (Fsp3) is 0.273. The summed E-state index contributed by atoms with van der Waals surface area (Å²) in [6, 6.07) is 3.59. The van der Waals surface area contributed by atoms with Crippen molar-refractivity contribution in [3.63, 3.8) is 0 Å². The van der Waals surface area contributed by atoms with Crippen LogP contribution in [-0.2, 0) is 6.54 Å². The Labute approximate surface area is 108 Å². The summed E-state index contributed by atoms with van der Waals surface area (Å²) in [4.78, 5) is 18.1. The van der Waals surface area contributed by atoms with Gasteiger partial charge in [-0.3, -0.25) is 10.1 Å². The van der Waals surface area contributed by atoms with Crippen LogP contribution in [0, 0.1) is 24.0 Å². The number of hydrogen-bond acceptors (Lipinski definition) is 7. The Kier molecular flexibility index (Phi) is 3.32. The first-order valence-electron chi connectivity index (χ1n) is 5.55. The monoisotopic (exact) mass is 263 g/mol. The smallest absolute Gasteiger partial charge is 0.332 e. The third-order valence-electron chi connectivity index (χ3n) is 2.48. The molecule has 0 aliphatic carbocycles. The highest BCUT2D eigenvalue weighted by Gasteiger charge is 2.21. The van der Waals surface area contributed by atoms with Gasteiger partial charge in [0, 0.05) is 0 Å². The van der Waals surface area contributed by atoms with Crippen LogP contribution in [0.15, 0.2) is 16.5 Å². The molecule has 0 fully saturated rings. The van der Waals surface area contributed by atoms with Crippen LogP contribution in [0.4, 0.5) is 17.5 Å². The van der Waals surface area contributed by atoms with Gasteiger partial charge in [0.05, 0.1) is 11.5 Å². The number of hydrogen-bond donors (Lipinski definition) is 2. The molecule has 0 atom stereocenters. The first-order valence-corrected chi connectivity index (χ1v) is 5.55. The van der Waals surface area contributed by atoms with Gasteiger partial charge in [-0.05, 0) is 26.0 Å². The highest BCUT2D eigenvalue weighted by molar-refractivity contribution is 5.60. The van der Waals surface area contributed by atoms with Crippen molar-refractivity contribution < 1.29 is 9.34 Å². The average Bonchev–Trinajstić information content (AvgIpc) is 2.71. The number of aryl methyl sites for hydroxylation is 2. The van der Waals surface area contributed by atoms with Crippen LogP contribution in [0.25, 0.3) is 0 Å². The van der Waals surface area contributed by atoms with Gasteiger partial charge in [-0.2, -0.15) is 4.98 Å². The van der Waals surface area contributed by atoms with E-state index in [-0.39, 0.29) is 29.7 Å². The Morgan fingerprint density at radius 2 is 2.16 bits per heavy atom. The van der Waals surface area contributed by atoms with Gasteiger partial charge < -0.3 is 15.5 Å². The molecular formula is C11H13N5O3. The molecule has 2 heterocycles. The fourth-order valence-electron chi connectivity index (χ4n) is 1.68. The van der Waals surface area contributed by atoms with E-state index in [1.165, 1.54) is 6.92 Å². The topological polar surface area (TPSA) is 120 Å².